The number of amides is 1. The fourth-order valence-corrected chi connectivity index (χ4v) is 3.24. The Morgan fingerprint density at radius 2 is 1.47 bits per heavy atom. The van der Waals surface area contributed by atoms with Crippen LogP contribution in [-0.4, -0.2) is 51.0 Å². The van der Waals surface area contributed by atoms with Crippen molar-refractivity contribution < 1.29 is 28.5 Å². The first-order valence-electron chi connectivity index (χ1n) is 9.66. The van der Waals surface area contributed by atoms with E-state index < -0.39 is 0 Å². The lowest BCUT2D eigenvalue weighted by Gasteiger charge is -2.15. The number of carbonyl (C=O) groups is 1. The molecule has 0 aliphatic carbocycles. The third kappa shape index (κ3) is 4.53. The monoisotopic (exact) mass is 443 g/mol. The van der Waals surface area contributed by atoms with E-state index in [0.29, 0.717) is 45.3 Å². The van der Waals surface area contributed by atoms with E-state index in [-0.39, 0.29) is 24.4 Å². The number of fused-ring (bicyclic) bond motifs is 1. The molecule has 1 N–H and O–H groups in total. The summed E-state index contributed by atoms with van der Waals surface area (Å²) in [5.41, 5.74) is 0.674. The first-order chi connectivity index (χ1) is 15.4. The quantitative estimate of drug-likeness (QED) is 0.537. The normalized spacial score (nSPS) is 10.5. The summed E-state index contributed by atoms with van der Waals surface area (Å²) in [5, 5.41) is 3.15. The average Bonchev–Trinajstić information content (AvgIpc) is 2.82. The van der Waals surface area contributed by atoms with Crippen molar-refractivity contribution in [2.24, 2.45) is 0 Å². The maximum Gasteiger partial charge on any atom is 0.261 e. The van der Waals surface area contributed by atoms with Crippen LogP contribution < -0.4 is 34.6 Å². The molecule has 0 saturated carbocycles. The lowest BCUT2D eigenvalue weighted by Crippen LogP contribution is -2.23. The number of hydrogen-bond donors (Lipinski definition) is 1. The number of nitrogens with zero attached hydrogens (tertiary/aromatic N) is 2. The number of carbonyl (C=O) groups excluding carboxylic acids is 1. The van der Waals surface area contributed by atoms with Crippen LogP contribution in [-0.2, 0) is 11.3 Å². The van der Waals surface area contributed by atoms with Crippen LogP contribution in [0, 0.1) is 0 Å². The number of rotatable bonds is 9. The van der Waals surface area contributed by atoms with Crippen molar-refractivity contribution in [2.75, 3.05) is 40.9 Å². The second-order valence-electron chi connectivity index (χ2n) is 6.68. The maximum atomic E-state index is 12.9. The van der Waals surface area contributed by atoms with E-state index in [0.717, 1.165) is 0 Å². The molecule has 0 radical (unpaired) electrons. The van der Waals surface area contributed by atoms with Gasteiger partial charge in [0, 0.05) is 36.9 Å². The molecule has 170 valence electrons. The Labute approximate surface area is 184 Å². The number of hydrogen-bond acceptors (Lipinski definition) is 8. The van der Waals surface area contributed by atoms with E-state index >= 15 is 0 Å². The van der Waals surface area contributed by atoms with Crippen LogP contribution in [0.5, 0.6) is 28.7 Å². The van der Waals surface area contributed by atoms with E-state index in [4.69, 9.17) is 23.7 Å². The highest BCUT2D eigenvalue weighted by atomic mass is 16.5. The van der Waals surface area contributed by atoms with Gasteiger partial charge in [0.25, 0.3) is 5.56 Å². The number of benzene rings is 2. The third-order valence-electron chi connectivity index (χ3n) is 4.86. The lowest BCUT2D eigenvalue weighted by molar-refractivity contribution is -0.116. The van der Waals surface area contributed by atoms with Crippen molar-refractivity contribution in [1.82, 2.24) is 9.55 Å². The molecule has 0 atom stereocenters. The summed E-state index contributed by atoms with van der Waals surface area (Å²) in [6.45, 7) is 0.145. The molecule has 0 saturated heterocycles. The topological polar surface area (TPSA) is 110 Å². The number of anilines is 1. The van der Waals surface area contributed by atoms with Crippen LogP contribution in [0.2, 0.25) is 0 Å². The largest absolute Gasteiger partial charge is 0.493 e. The molecule has 0 aliphatic rings. The molecule has 1 amide bonds. The average molecular weight is 443 g/mol. The smallest absolute Gasteiger partial charge is 0.261 e. The van der Waals surface area contributed by atoms with E-state index in [1.165, 1.54) is 46.4 Å². The van der Waals surface area contributed by atoms with Crippen LogP contribution in [0.3, 0.4) is 0 Å². The molecule has 0 spiro atoms. The Morgan fingerprint density at radius 3 is 2.03 bits per heavy atom. The van der Waals surface area contributed by atoms with Gasteiger partial charge in [0.1, 0.15) is 0 Å². The van der Waals surface area contributed by atoms with Crippen LogP contribution >= 0.6 is 0 Å². The molecule has 3 rings (SSSR count). The number of aryl methyl sites for hydroxylation is 1. The second kappa shape index (κ2) is 9.90. The zero-order valence-corrected chi connectivity index (χ0v) is 18.6. The minimum Gasteiger partial charge on any atom is -0.493 e. The van der Waals surface area contributed by atoms with Crippen molar-refractivity contribution in [2.45, 2.75) is 13.0 Å². The highest BCUT2D eigenvalue weighted by Crippen LogP contribution is 2.40. The summed E-state index contributed by atoms with van der Waals surface area (Å²) >= 11 is 0. The van der Waals surface area contributed by atoms with Crippen LogP contribution in [0.15, 0.2) is 35.4 Å². The molecule has 0 bridgehead atoms. The first-order valence-corrected chi connectivity index (χ1v) is 9.66. The minimum atomic E-state index is -0.293. The highest BCUT2D eigenvalue weighted by molar-refractivity contribution is 5.91. The summed E-state index contributed by atoms with van der Waals surface area (Å²) < 4.78 is 27.8. The minimum absolute atomic E-state index is 0.0526. The van der Waals surface area contributed by atoms with E-state index in [9.17, 15) is 9.59 Å². The summed E-state index contributed by atoms with van der Waals surface area (Å²) in [6.07, 6.45) is 1.46. The molecule has 10 heteroatoms. The van der Waals surface area contributed by atoms with Gasteiger partial charge in [0.2, 0.25) is 11.7 Å². The van der Waals surface area contributed by atoms with Crippen molar-refractivity contribution in [1.29, 1.82) is 0 Å². The molecule has 2 aromatic carbocycles. The van der Waals surface area contributed by atoms with Crippen LogP contribution in [0.25, 0.3) is 10.9 Å². The molecular weight excluding hydrogens is 418 g/mol. The van der Waals surface area contributed by atoms with E-state index in [1.807, 2.05) is 0 Å². The summed E-state index contributed by atoms with van der Waals surface area (Å²) in [6, 6.07) is 6.47. The van der Waals surface area contributed by atoms with Crippen LogP contribution in [0.1, 0.15) is 6.42 Å². The molecule has 1 heterocycles. The van der Waals surface area contributed by atoms with Crippen molar-refractivity contribution in [3.63, 3.8) is 0 Å². The van der Waals surface area contributed by atoms with Gasteiger partial charge < -0.3 is 29.0 Å². The Bertz CT molecular complexity index is 1170. The molecule has 3 aromatic rings. The van der Waals surface area contributed by atoms with Gasteiger partial charge in [0.15, 0.2) is 23.0 Å². The van der Waals surface area contributed by atoms with Crippen molar-refractivity contribution >= 4 is 22.5 Å². The fraction of sp³-hybridized carbons (Fsp3) is 0.318. The second-order valence-corrected chi connectivity index (χ2v) is 6.68. The van der Waals surface area contributed by atoms with Gasteiger partial charge in [-0.25, -0.2) is 4.98 Å². The summed E-state index contributed by atoms with van der Waals surface area (Å²) in [7, 11) is 7.49. The SMILES string of the molecule is COc1cc2ncn(CCC(=O)Nc3cc(OC)c(OC)c(OC)c3)c(=O)c2cc1OC. The van der Waals surface area contributed by atoms with Gasteiger partial charge in [-0.1, -0.05) is 0 Å². The van der Waals surface area contributed by atoms with Crippen molar-refractivity contribution in [3.05, 3.63) is 40.9 Å². The van der Waals surface area contributed by atoms with Crippen LogP contribution in [0.4, 0.5) is 5.69 Å². The molecule has 0 aliphatic heterocycles. The first kappa shape index (κ1) is 22.7. The Morgan fingerprint density at radius 1 is 0.875 bits per heavy atom. The standard InChI is InChI=1S/C22H25N3O7/c1-28-16-10-14-15(11-17(16)29-2)23-12-25(22(14)27)7-6-20(26)24-13-8-18(30-3)21(32-5)19(9-13)31-4/h8-12H,6-7H2,1-5H3,(H,24,26). The highest BCUT2D eigenvalue weighted by Gasteiger charge is 2.15. The fourth-order valence-electron chi connectivity index (χ4n) is 3.24. The number of methoxy groups -OCH3 is 5. The predicted octanol–water partition coefficient (Wildman–Crippen LogP) is 2.47. The molecule has 10 nitrogen and oxygen atoms in total. The van der Waals surface area contributed by atoms with E-state index in [2.05, 4.69) is 10.3 Å². The van der Waals surface area contributed by atoms with E-state index in [1.54, 1.807) is 24.3 Å². The van der Waals surface area contributed by atoms with Gasteiger partial charge in [-0.15, -0.1) is 0 Å². The zero-order valence-electron chi connectivity index (χ0n) is 18.6. The lowest BCUT2D eigenvalue weighted by atomic mass is 10.2. The van der Waals surface area contributed by atoms with Gasteiger partial charge in [-0.2, -0.15) is 0 Å². The maximum absolute atomic E-state index is 12.9. The van der Waals surface area contributed by atoms with Gasteiger partial charge in [0.05, 0.1) is 52.8 Å². The summed E-state index contributed by atoms with van der Waals surface area (Å²) in [4.78, 5) is 29.7. The molecule has 32 heavy (non-hydrogen) atoms. The molecule has 1 aromatic heterocycles. The summed E-state index contributed by atoms with van der Waals surface area (Å²) in [5.74, 6) is 1.88. The number of ether oxygens (including phenoxy) is 5. The Kier molecular flexibility index (Phi) is 7.04. The van der Waals surface area contributed by atoms with Gasteiger partial charge in [-0.3, -0.25) is 14.2 Å². The predicted molar refractivity (Wildman–Crippen MR) is 118 cm³/mol. The Hall–Kier alpha value is -3.95. The van der Waals surface area contributed by atoms with Gasteiger partial charge in [-0.05, 0) is 6.07 Å². The zero-order chi connectivity index (χ0) is 23.3. The van der Waals surface area contributed by atoms with Gasteiger partial charge >= 0.3 is 0 Å². The van der Waals surface area contributed by atoms with Crippen molar-refractivity contribution in [3.8, 4) is 28.7 Å². The Balaban J connectivity index is 1.78. The molecular formula is C22H25N3O7. The molecule has 0 unspecified atom stereocenters. The third-order valence-corrected chi connectivity index (χ3v) is 4.86. The molecule has 0 fully saturated rings. The number of nitrogens with one attached hydrogen (secondary N) is 1. The number of aromatic nitrogens is 2.